The van der Waals surface area contributed by atoms with Gasteiger partial charge in [-0.3, -0.25) is 10.1 Å². The van der Waals surface area contributed by atoms with E-state index in [9.17, 15) is 4.79 Å². The Morgan fingerprint density at radius 2 is 1.72 bits per heavy atom. The first-order chi connectivity index (χ1) is 15.4. The summed E-state index contributed by atoms with van der Waals surface area (Å²) in [5, 5.41) is 15.7. The average molecular weight is 466 g/mol. The van der Waals surface area contributed by atoms with Gasteiger partial charge in [-0.2, -0.15) is 4.80 Å². The quantitative estimate of drug-likeness (QED) is 0.420. The molecular weight excluding hydrogens is 446 g/mol. The Morgan fingerprint density at radius 3 is 2.41 bits per heavy atom. The molecule has 0 saturated carbocycles. The minimum absolute atomic E-state index is 0.172. The Bertz CT molecular complexity index is 1330. The molecule has 2 N–H and O–H groups in total. The Hall–Kier alpha value is -3.49. The van der Waals surface area contributed by atoms with Gasteiger partial charge >= 0.3 is 0 Å². The number of halogens is 1. The van der Waals surface area contributed by atoms with Gasteiger partial charge in [0.2, 0.25) is 0 Å². The van der Waals surface area contributed by atoms with Crippen LogP contribution in [0.4, 0.5) is 5.69 Å². The maximum atomic E-state index is 12.7. The van der Waals surface area contributed by atoms with Gasteiger partial charge in [-0.05, 0) is 79.7 Å². The zero-order valence-corrected chi connectivity index (χ0v) is 19.2. The Morgan fingerprint density at radius 1 is 1.03 bits per heavy atom. The first-order valence-corrected chi connectivity index (χ1v) is 10.5. The number of amides is 1. The number of aromatic nitrogens is 3. The maximum Gasteiger partial charge on any atom is 0.261 e. The molecule has 0 aliphatic rings. The molecule has 0 saturated heterocycles. The summed E-state index contributed by atoms with van der Waals surface area (Å²) in [5.41, 5.74) is 5.13. The van der Waals surface area contributed by atoms with Gasteiger partial charge in [0.1, 0.15) is 16.8 Å². The van der Waals surface area contributed by atoms with Crippen LogP contribution < -0.4 is 15.4 Å². The van der Waals surface area contributed by atoms with Crippen LogP contribution in [0.25, 0.3) is 16.7 Å². The first-order valence-electron chi connectivity index (χ1n) is 9.75. The summed E-state index contributed by atoms with van der Waals surface area (Å²) in [6, 6.07) is 16.4. The molecule has 0 aliphatic carbocycles. The molecule has 4 rings (SSSR count). The number of nitrogens with zero attached hydrogens (tertiary/aromatic N) is 3. The van der Waals surface area contributed by atoms with Gasteiger partial charge in [-0.15, -0.1) is 10.2 Å². The van der Waals surface area contributed by atoms with E-state index < -0.39 is 0 Å². The van der Waals surface area contributed by atoms with E-state index in [-0.39, 0.29) is 11.0 Å². The number of thiocarbonyl (C=S) groups is 1. The summed E-state index contributed by atoms with van der Waals surface area (Å²) in [6.45, 7) is 3.80. The molecule has 162 valence electrons. The van der Waals surface area contributed by atoms with Crippen LogP contribution >= 0.6 is 23.8 Å². The molecule has 0 unspecified atom stereocenters. The van der Waals surface area contributed by atoms with E-state index in [1.54, 1.807) is 29.1 Å². The molecule has 0 spiro atoms. The number of carbonyl (C=O) groups is 1. The highest BCUT2D eigenvalue weighted by Gasteiger charge is 2.16. The number of fused-ring (bicyclic) bond motifs is 1. The lowest BCUT2D eigenvalue weighted by molar-refractivity contribution is 0.0974. The number of nitrogens with one attached hydrogen (secondary N) is 2. The molecule has 0 fully saturated rings. The number of hydrogen-bond donors (Lipinski definition) is 2. The second-order valence-electron chi connectivity index (χ2n) is 7.19. The molecule has 0 aliphatic heterocycles. The highest BCUT2D eigenvalue weighted by Crippen LogP contribution is 2.24. The number of methoxy groups -OCH3 is 1. The molecule has 1 heterocycles. The fourth-order valence-electron chi connectivity index (χ4n) is 3.32. The van der Waals surface area contributed by atoms with Crippen molar-refractivity contribution in [1.82, 2.24) is 20.3 Å². The molecule has 32 heavy (non-hydrogen) atoms. The fourth-order valence-corrected chi connectivity index (χ4v) is 3.65. The SMILES string of the molecule is COc1c(C)cccc1C(=O)NC(=S)Nc1cc2nn(-c3ccc(Cl)cc3)nc2cc1C. The van der Waals surface area contributed by atoms with Crippen LogP contribution in [0.5, 0.6) is 5.75 Å². The van der Waals surface area contributed by atoms with Crippen LogP contribution in [0.2, 0.25) is 5.02 Å². The molecular formula is C23H20ClN5O2S. The second-order valence-corrected chi connectivity index (χ2v) is 8.03. The summed E-state index contributed by atoms with van der Waals surface area (Å²) in [6.07, 6.45) is 0. The van der Waals surface area contributed by atoms with Crippen LogP contribution in [-0.4, -0.2) is 33.1 Å². The lowest BCUT2D eigenvalue weighted by Crippen LogP contribution is -2.34. The summed E-state index contributed by atoms with van der Waals surface area (Å²) >= 11 is 11.3. The minimum Gasteiger partial charge on any atom is -0.496 e. The van der Waals surface area contributed by atoms with E-state index in [4.69, 9.17) is 28.6 Å². The van der Waals surface area contributed by atoms with Gasteiger partial charge in [-0.1, -0.05) is 23.7 Å². The van der Waals surface area contributed by atoms with Crippen LogP contribution in [0.3, 0.4) is 0 Å². The van der Waals surface area contributed by atoms with E-state index in [0.717, 1.165) is 28.0 Å². The predicted molar refractivity (Wildman–Crippen MR) is 130 cm³/mol. The number of rotatable bonds is 4. The third-order valence-corrected chi connectivity index (χ3v) is 5.38. The lowest BCUT2D eigenvalue weighted by Gasteiger charge is -2.14. The smallest absolute Gasteiger partial charge is 0.261 e. The van der Waals surface area contributed by atoms with Crippen molar-refractivity contribution in [2.24, 2.45) is 0 Å². The largest absolute Gasteiger partial charge is 0.496 e. The van der Waals surface area contributed by atoms with Crippen molar-refractivity contribution in [3.63, 3.8) is 0 Å². The maximum absolute atomic E-state index is 12.7. The van der Waals surface area contributed by atoms with Crippen molar-refractivity contribution in [3.05, 3.63) is 76.3 Å². The van der Waals surface area contributed by atoms with Crippen LogP contribution in [-0.2, 0) is 0 Å². The van der Waals surface area contributed by atoms with Gasteiger partial charge < -0.3 is 10.1 Å². The monoisotopic (exact) mass is 465 g/mol. The van der Waals surface area contributed by atoms with Crippen molar-refractivity contribution in [2.75, 3.05) is 12.4 Å². The topological polar surface area (TPSA) is 81.1 Å². The fraction of sp³-hybridized carbons (Fsp3) is 0.130. The zero-order valence-electron chi connectivity index (χ0n) is 17.6. The zero-order chi connectivity index (χ0) is 22.8. The van der Waals surface area contributed by atoms with Crippen LogP contribution in [0.1, 0.15) is 21.5 Å². The molecule has 1 aromatic heterocycles. The average Bonchev–Trinajstić information content (AvgIpc) is 3.16. The van der Waals surface area contributed by atoms with E-state index in [2.05, 4.69) is 20.8 Å². The Kier molecular flexibility index (Phi) is 6.07. The highest BCUT2D eigenvalue weighted by atomic mass is 35.5. The Labute approximate surface area is 195 Å². The summed E-state index contributed by atoms with van der Waals surface area (Å²) < 4.78 is 5.36. The first kappa shape index (κ1) is 21.7. The third kappa shape index (κ3) is 4.42. The predicted octanol–water partition coefficient (Wildman–Crippen LogP) is 4.83. The van der Waals surface area contributed by atoms with E-state index >= 15 is 0 Å². The van der Waals surface area contributed by atoms with Gasteiger partial charge in [-0.25, -0.2) is 0 Å². The number of anilines is 1. The van der Waals surface area contributed by atoms with Crippen LogP contribution in [0.15, 0.2) is 54.6 Å². The van der Waals surface area contributed by atoms with Crippen molar-refractivity contribution in [1.29, 1.82) is 0 Å². The second kappa shape index (κ2) is 8.94. The van der Waals surface area contributed by atoms with E-state index in [1.807, 2.05) is 44.2 Å². The van der Waals surface area contributed by atoms with Crippen molar-refractivity contribution in [3.8, 4) is 11.4 Å². The van der Waals surface area contributed by atoms with E-state index in [0.29, 0.717) is 21.9 Å². The number of hydrogen-bond acceptors (Lipinski definition) is 5. The molecule has 1 amide bonds. The summed E-state index contributed by atoms with van der Waals surface area (Å²) in [5.74, 6) is 0.166. The third-order valence-electron chi connectivity index (χ3n) is 4.92. The summed E-state index contributed by atoms with van der Waals surface area (Å²) in [7, 11) is 1.53. The van der Waals surface area contributed by atoms with Crippen LogP contribution in [0, 0.1) is 13.8 Å². The van der Waals surface area contributed by atoms with Crippen molar-refractivity contribution >= 4 is 51.6 Å². The molecule has 4 aromatic rings. The molecule has 0 atom stereocenters. The normalized spacial score (nSPS) is 10.8. The summed E-state index contributed by atoms with van der Waals surface area (Å²) in [4.78, 5) is 14.3. The number of benzene rings is 3. The molecule has 9 heteroatoms. The Balaban J connectivity index is 1.54. The van der Waals surface area contributed by atoms with Gasteiger partial charge in [0.05, 0.1) is 18.4 Å². The van der Waals surface area contributed by atoms with Gasteiger partial charge in [0, 0.05) is 10.7 Å². The number of aryl methyl sites for hydroxylation is 2. The highest BCUT2D eigenvalue weighted by molar-refractivity contribution is 7.80. The van der Waals surface area contributed by atoms with Gasteiger partial charge in [0.15, 0.2) is 5.11 Å². The standard InChI is InChI=1S/C23H20ClN5O2S/c1-13-5-4-6-17(21(13)31-3)22(30)26-23(32)25-18-12-20-19(11-14(18)2)27-29(28-20)16-9-7-15(24)8-10-16/h4-12H,1-3H3,(H2,25,26,30,32). The van der Waals surface area contributed by atoms with Crippen molar-refractivity contribution in [2.45, 2.75) is 13.8 Å². The number of ether oxygens (including phenoxy) is 1. The number of carbonyl (C=O) groups excluding carboxylic acids is 1. The van der Waals surface area contributed by atoms with E-state index in [1.165, 1.54) is 7.11 Å². The lowest BCUT2D eigenvalue weighted by atomic mass is 10.1. The molecule has 7 nitrogen and oxygen atoms in total. The molecule has 0 radical (unpaired) electrons. The van der Waals surface area contributed by atoms with Gasteiger partial charge in [0.25, 0.3) is 5.91 Å². The molecule has 0 bridgehead atoms. The molecule has 3 aromatic carbocycles. The van der Waals surface area contributed by atoms with Crippen molar-refractivity contribution < 1.29 is 9.53 Å². The minimum atomic E-state index is -0.351. The number of para-hydroxylation sites is 1.